The van der Waals surface area contributed by atoms with Gasteiger partial charge in [0.05, 0.1) is 11.9 Å². The third-order valence-corrected chi connectivity index (χ3v) is 5.81. The summed E-state index contributed by atoms with van der Waals surface area (Å²) in [5.74, 6) is 1.27. The van der Waals surface area contributed by atoms with Gasteiger partial charge in [0.25, 0.3) is 5.22 Å². The minimum absolute atomic E-state index is 0.0493. The van der Waals surface area contributed by atoms with Crippen molar-refractivity contribution in [3.05, 3.63) is 54.1 Å². The Bertz CT molecular complexity index is 1000. The number of carbonyl (C=O) groups excluding carboxylic acids is 1. The van der Waals surface area contributed by atoms with E-state index in [1.165, 1.54) is 17.3 Å². The first-order valence-corrected chi connectivity index (χ1v) is 10.6. The minimum Gasteiger partial charge on any atom is -0.494 e. The van der Waals surface area contributed by atoms with Crippen LogP contribution in [0.5, 0.6) is 5.75 Å². The van der Waals surface area contributed by atoms with E-state index in [1.54, 1.807) is 0 Å². The number of amides is 1. The monoisotopic (exact) mass is 409 g/mol. The number of rotatable bonds is 6. The van der Waals surface area contributed by atoms with Gasteiger partial charge in [0, 0.05) is 17.3 Å². The molecule has 0 spiro atoms. The second kappa shape index (κ2) is 8.29. The van der Waals surface area contributed by atoms with Gasteiger partial charge in [-0.3, -0.25) is 4.79 Å². The van der Waals surface area contributed by atoms with Crippen LogP contribution >= 0.6 is 11.8 Å². The molecule has 0 saturated heterocycles. The molecule has 0 saturated carbocycles. The van der Waals surface area contributed by atoms with Crippen molar-refractivity contribution >= 4 is 23.4 Å². The second-order valence-corrected chi connectivity index (χ2v) is 8.27. The number of para-hydroxylation sites is 1. The van der Waals surface area contributed by atoms with E-state index < -0.39 is 0 Å². The lowest BCUT2D eigenvalue weighted by Crippen LogP contribution is -2.40. The van der Waals surface area contributed by atoms with Gasteiger partial charge in [-0.1, -0.05) is 30.0 Å². The molecule has 3 aromatic rings. The number of thioether (sulfide) groups is 1. The van der Waals surface area contributed by atoms with Gasteiger partial charge in [-0.15, -0.1) is 10.2 Å². The third kappa shape index (κ3) is 4.00. The van der Waals surface area contributed by atoms with Crippen molar-refractivity contribution in [3.63, 3.8) is 0 Å². The molecule has 1 aliphatic rings. The molecule has 0 aliphatic carbocycles. The van der Waals surface area contributed by atoms with Crippen LogP contribution in [0.1, 0.15) is 26.3 Å². The molecule has 0 bridgehead atoms. The van der Waals surface area contributed by atoms with Crippen LogP contribution in [0.15, 0.2) is 58.2 Å². The van der Waals surface area contributed by atoms with E-state index in [2.05, 4.69) is 23.2 Å². The topological polar surface area (TPSA) is 68.5 Å². The summed E-state index contributed by atoms with van der Waals surface area (Å²) in [6.07, 6.45) is 0.877. The average molecular weight is 410 g/mol. The van der Waals surface area contributed by atoms with Crippen molar-refractivity contribution < 1.29 is 13.9 Å². The SMILES string of the molecule is CCOc1ccc(-c2nnc(S[C@@H](C)C(=O)N3c4ccccc4C[C@H]3C)o2)cc1. The maximum Gasteiger partial charge on any atom is 0.277 e. The molecule has 2 aromatic carbocycles. The Morgan fingerprint density at radius 1 is 1.24 bits per heavy atom. The average Bonchev–Trinajstić information content (AvgIpc) is 3.31. The number of hydrogen-bond acceptors (Lipinski definition) is 6. The fraction of sp³-hybridized carbons (Fsp3) is 0.318. The minimum atomic E-state index is -0.336. The molecule has 1 aromatic heterocycles. The second-order valence-electron chi connectivity index (χ2n) is 6.98. The Kier molecular flexibility index (Phi) is 5.58. The van der Waals surface area contributed by atoms with Crippen LogP contribution in [0.3, 0.4) is 0 Å². The zero-order chi connectivity index (χ0) is 20.4. The number of benzene rings is 2. The molecular weight excluding hydrogens is 386 g/mol. The quantitative estimate of drug-likeness (QED) is 0.555. The molecule has 6 nitrogen and oxygen atoms in total. The number of hydrogen-bond donors (Lipinski definition) is 0. The Morgan fingerprint density at radius 3 is 2.76 bits per heavy atom. The fourth-order valence-corrected chi connectivity index (χ4v) is 4.27. The number of ether oxygens (including phenoxy) is 1. The molecule has 2 atom stereocenters. The zero-order valence-corrected chi connectivity index (χ0v) is 17.5. The molecule has 0 unspecified atom stereocenters. The summed E-state index contributed by atoms with van der Waals surface area (Å²) in [6.45, 7) is 6.51. The molecule has 0 N–H and O–H groups in total. The number of fused-ring (bicyclic) bond motifs is 1. The highest BCUT2D eigenvalue weighted by Gasteiger charge is 2.34. The predicted molar refractivity (Wildman–Crippen MR) is 113 cm³/mol. The largest absolute Gasteiger partial charge is 0.494 e. The third-order valence-electron chi connectivity index (χ3n) is 4.89. The van der Waals surface area contributed by atoms with E-state index >= 15 is 0 Å². The first-order valence-electron chi connectivity index (χ1n) is 9.71. The van der Waals surface area contributed by atoms with Crippen molar-refractivity contribution in [1.82, 2.24) is 10.2 Å². The summed E-state index contributed by atoms with van der Waals surface area (Å²) in [5.41, 5.74) is 3.02. The molecule has 4 rings (SSSR count). The van der Waals surface area contributed by atoms with Gasteiger partial charge in [-0.25, -0.2) is 0 Å². The highest BCUT2D eigenvalue weighted by molar-refractivity contribution is 8.00. The summed E-state index contributed by atoms with van der Waals surface area (Å²) < 4.78 is 11.2. The smallest absolute Gasteiger partial charge is 0.277 e. The molecule has 0 fully saturated rings. The van der Waals surface area contributed by atoms with E-state index in [9.17, 15) is 4.79 Å². The number of aromatic nitrogens is 2. The van der Waals surface area contributed by atoms with Gasteiger partial charge in [0.2, 0.25) is 11.8 Å². The molecule has 150 valence electrons. The summed E-state index contributed by atoms with van der Waals surface area (Å²) in [4.78, 5) is 15.0. The molecule has 0 radical (unpaired) electrons. The Labute approximate surface area is 174 Å². The maximum absolute atomic E-state index is 13.1. The van der Waals surface area contributed by atoms with Crippen molar-refractivity contribution in [2.24, 2.45) is 0 Å². The van der Waals surface area contributed by atoms with Crippen LogP contribution in [0, 0.1) is 0 Å². The van der Waals surface area contributed by atoms with Crippen molar-refractivity contribution in [2.75, 3.05) is 11.5 Å². The van der Waals surface area contributed by atoms with Crippen molar-refractivity contribution in [3.8, 4) is 17.2 Å². The molecule has 2 heterocycles. The molecule has 1 aliphatic heterocycles. The van der Waals surface area contributed by atoms with Gasteiger partial charge < -0.3 is 14.1 Å². The highest BCUT2D eigenvalue weighted by Crippen LogP contribution is 2.35. The van der Waals surface area contributed by atoms with Crippen molar-refractivity contribution in [1.29, 1.82) is 0 Å². The molecule has 1 amide bonds. The van der Waals surface area contributed by atoms with Crippen LogP contribution in [0.25, 0.3) is 11.5 Å². The standard InChI is InChI=1S/C22H23N3O3S/c1-4-27-18-11-9-16(10-12-18)20-23-24-22(28-20)29-15(3)21(26)25-14(2)13-17-7-5-6-8-19(17)25/h5-12,14-15H,4,13H2,1-3H3/t14-,15+/m1/s1. The van der Waals surface area contributed by atoms with E-state index in [0.717, 1.165) is 23.4 Å². The molecule has 29 heavy (non-hydrogen) atoms. The van der Waals surface area contributed by atoms with Crippen LogP contribution in [0.2, 0.25) is 0 Å². The summed E-state index contributed by atoms with van der Waals surface area (Å²) in [5, 5.41) is 8.28. The van der Waals surface area contributed by atoms with Crippen LogP contribution in [-0.4, -0.2) is 34.0 Å². The lowest BCUT2D eigenvalue weighted by Gasteiger charge is -2.25. The van der Waals surface area contributed by atoms with E-state index in [4.69, 9.17) is 9.15 Å². The van der Waals surface area contributed by atoms with Crippen LogP contribution in [-0.2, 0) is 11.2 Å². The lowest BCUT2D eigenvalue weighted by molar-refractivity contribution is -0.118. The van der Waals surface area contributed by atoms with Crippen LogP contribution in [0.4, 0.5) is 5.69 Å². The van der Waals surface area contributed by atoms with E-state index in [-0.39, 0.29) is 17.2 Å². The number of anilines is 1. The first-order chi connectivity index (χ1) is 14.1. The van der Waals surface area contributed by atoms with Crippen molar-refractivity contribution in [2.45, 2.75) is 43.7 Å². The number of nitrogens with zero attached hydrogens (tertiary/aromatic N) is 3. The zero-order valence-electron chi connectivity index (χ0n) is 16.7. The fourth-order valence-electron chi connectivity index (χ4n) is 3.53. The predicted octanol–water partition coefficient (Wildman–Crippen LogP) is 4.59. The summed E-state index contributed by atoms with van der Waals surface area (Å²) >= 11 is 1.29. The van der Waals surface area contributed by atoms with E-state index in [1.807, 2.05) is 61.2 Å². The Hall–Kier alpha value is -2.80. The molecule has 7 heteroatoms. The molecular formula is C22H23N3O3S. The Balaban J connectivity index is 1.45. The lowest BCUT2D eigenvalue weighted by atomic mass is 10.1. The highest BCUT2D eigenvalue weighted by atomic mass is 32.2. The number of carbonyl (C=O) groups is 1. The van der Waals surface area contributed by atoms with Gasteiger partial charge in [0.15, 0.2) is 0 Å². The Morgan fingerprint density at radius 2 is 2.00 bits per heavy atom. The maximum atomic E-state index is 13.1. The van der Waals surface area contributed by atoms with Gasteiger partial charge in [-0.2, -0.15) is 0 Å². The van der Waals surface area contributed by atoms with Gasteiger partial charge in [-0.05, 0) is 63.1 Å². The van der Waals surface area contributed by atoms with Gasteiger partial charge in [0.1, 0.15) is 5.75 Å². The van der Waals surface area contributed by atoms with Gasteiger partial charge >= 0.3 is 0 Å². The summed E-state index contributed by atoms with van der Waals surface area (Å²) in [6, 6.07) is 15.7. The van der Waals surface area contributed by atoms with E-state index in [0.29, 0.717) is 17.7 Å². The summed E-state index contributed by atoms with van der Waals surface area (Å²) in [7, 11) is 0. The first kappa shape index (κ1) is 19.5. The normalized spacial score (nSPS) is 16.5. The van der Waals surface area contributed by atoms with Crippen LogP contribution < -0.4 is 9.64 Å².